The second-order valence-electron chi connectivity index (χ2n) is 12.9. The average Bonchev–Trinajstić information content (AvgIpc) is 3.40. The van der Waals surface area contributed by atoms with Crippen molar-refractivity contribution < 1.29 is 24.2 Å². The normalized spacial score (nSPS) is 29.3. The minimum atomic E-state index is -0.464. The lowest BCUT2D eigenvalue weighted by Gasteiger charge is -2.38. The molecule has 0 spiro atoms. The van der Waals surface area contributed by atoms with E-state index in [-0.39, 0.29) is 30.4 Å². The second-order valence-corrected chi connectivity index (χ2v) is 12.9. The molecule has 1 saturated heterocycles. The fraction of sp³-hybridized carbons (Fsp3) is 0.818. The molecule has 238 valence electrons. The van der Waals surface area contributed by atoms with Crippen LogP contribution in [-0.4, -0.2) is 74.8 Å². The van der Waals surface area contributed by atoms with Crippen molar-refractivity contribution in [2.75, 3.05) is 27.2 Å². The van der Waals surface area contributed by atoms with Crippen LogP contribution in [0.15, 0.2) is 16.1 Å². The Balaban J connectivity index is 1.49. The standard InChI is InChI=1S/C33H57N4O5/c1-5-23(14-27-21-36-20-26(27)8-6-24-12-13-37-33(34)15-24)7-11-30(42-22(2)38)18-29(39)10-9-25-17-32(41-4)31(40)16-28(25)19-35-3/h20-21,23-25,28,30-33,35,37,40H,5-19,34H2,1-4H3/q+1/t23-,24?,25?,28?,30-,31?,32?,33?/m1/s1. The van der Waals surface area contributed by atoms with Gasteiger partial charge in [0.25, 0.3) is 0 Å². The van der Waals surface area contributed by atoms with Crippen LogP contribution in [-0.2, 0) is 19.1 Å². The summed E-state index contributed by atoms with van der Waals surface area (Å²) in [5.74, 6) is 1.53. The predicted molar refractivity (Wildman–Crippen MR) is 167 cm³/mol. The number of ether oxygens (including phenoxy) is 2. The van der Waals surface area contributed by atoms with Crippen LogP contribution in [0.3, 0.4) is 0 Å². The molecule has 9 heteroatoms. The maximum absolute atomic E-state index is 13.1. The molecule has 2 aliphatic heterocycles. The third-order valence-electron chi connectivity index (χ3n) is 9.75. The monoisotopic (exact) mass is 589 g/mol. The molecule has 0 aromatic heterocycles. The molecule has 0 bridgehead atoms. The summed E-state index contributed by atoms with van der Waals surface area (Å²) in [6.07, 6.45) is 12.0. The average molecular weight is 590 g/mol. The number of allylic oxidation sites excluding steroid dienone is 1. The zero-order valence-electron chi connectivity index (χ0n) is 26.5. The van der Waals surface area contributed by atoms with E-state index in [1.807, 2.05) is 19.8 Å². The molecular formula is C33H57N4O5+. The summed E-state index contributed by atoms with van der Waals surface area (Å²) in [4.78, 5) is 29.5. The van der Waals surface area contributed by atoms with Gasteiger partial charge in [-0.05, 0) is 95.2 Å². The number of hydrogen-bond acceptors (Lipinski definition) is 9. The van der Waals surface area contributed by atoms with Crippen molar-refractivity contribution >= 4 is 18.0 Å². The molecule has 3 aliphatic rings. The number of piperidine rings is 1. The highest BCUT2D eigenvalue weighted by Gasteiger charge is 2.36. The Kier molecular flexibility index (Phi) is 15.0. The molecule has 9 nitrogen and oxygen atoms in total. The van der Waals surface area contributed by atoms with E-state index in [2.05, 4.69) is 22.5 Å². The number of esters is 1. The SMILES string of the molecule is CC[C@H](CC[C@H](CC(=O)CCC1CC(OC)C(O)CC1CNC)OC(C)=O)CC1=C(CCC2CCNC(N)C2)[CH+]N=C1. The van der Waals surface area contributed by atoms with Gasteiger partial charge >= 0.3 is 5.97 Å². The molecule has 2 heterocycles. The van der Waals surface area contributed by atoms with Gasteiger partial charge in [-0.15, -0.1) is 4.99 Å². The van der Waals surface area contributed by atoms with E-state index in [1.165, 1.54) is 24.5 Å². The van der Waals surface area contributed by atoms with Crippen LogP contribution in [0.2, 0.25) is 0 Å². The highest BCUT2D eigenvalue weighted by Crippen LogP contribution is 2.35. The first-order valence-corrected chi connectivity index (χ1v) is 16.3. The molecular weight excluding hydrogens is 532 g/mol. The number of methoxy groups -OCH3 is 1. The van der Waals surface area contributed by atoms with E-state index in [9.17, 15) is 14.7 Å². The number of aliphatic imine (C=N–C) groups is 1. The summed E-state index contributed by atoms with van der Waals surface area (Å²) < 4.78 is 11.1. The van der Waals surface area contributed by atoms with Crippen LogP contribution >= 0.6 is 0 Å². The number of nitrogens with two attached hydrogens (primary N) is 1. The highest BCUT2D eigenvalue weighted by atomic mass is 16.5. The van der Waals surface area contributed by atoms with Crippen molar-refractivity contribution in [2.45, 2.75) is 122 Å². The number of nitrogens with one attached hydrogen (secondary N) is 2. The summed E-state index contributed by atoms with van der Waals surface area (Å²) in [5.41, 5.74) is 8.76. The first kappa shape index (κ1) is 34.7. The number of nitrogens with zero attached hydrogens (tertiary/aromatic N) is 1. The number of aliphatic hydroxyl groups excluding tert-OH is 1. The summed E-state index contributed by atoms with van der Waals surface area (Å²) in [5, 5.41) is 17.0. The maximum Gasteiger partial charge on any atom is 0.302 e. The van der Waals surface area contributed by atoms with Crippen LogP contribution in [0.1, 0.15) is 97.3 Å². The van der Waals surface area contributed by atoms with Crippen molar-refractivity contribution in [3.63, 3.8) is 0 Å². The first-order chi connectivity index (χ1) is 20.2. The molecule has 0 radical (unpaired) electrons. The second kappa shape index (κ2) is 18.1. The molecule has 2 fully saturated rings. The molecule has 8 atom stereocenters. The Hall–Kier alpha value is -1.78. The largest absolute Gasteiger partial charge is 0.462 e. The van der Waals surface area contributed by atoms with Crippen LogP contribution in [0.4, 0.5) is 0 Å². The maximum atomic E-state index is 13.1. The van der Waals surface area contributed by atoms with Gasteiger partial charge in [0, 0.05) is 39.7 Å². The highest BCUT2D eigenvalue weighted by molar-refractivity contribution is 5.84. The third kappa shape index (κ3) is 11.4. The molecule has 6 unspecified atom stereocenters. The van der Waals surface area contributed by atoms with Gasteiger partial charge in [0.2, 0.25) is 0 Å². The first-order valence-electron chi connectivity index (χ1n) is 16.3. The summed E-state index contributed by atoms with van der Waals surface area (Å²) in [6, 6.07) is 0. The van der Waals surface area contributed by atoms with Crippen molar-refractivity contribution in [3.8, 4) is 0 Å². The zero-order chi connectivity index (χ0) is 30.5. The Labute approximate surface area is 253 Å². The van der Waals surface area contributed by atoms with E-state index in [0.29, 0.717) is 42.9 Å². The van der Waals surface area contributed by atoms with E-state index in [0.717, 1.165) is 64.5 Å². The number of rotatable bonds is 18. The lowest BCUT2D eigenvalue weighted by Crippen LogP contribution is -2.44. The van der Waals surface area contributed by atoms with Crippen LogP contribution in [0.25, 0.3) is 0 Å². The fourth-order valence-corrected chi connectivity index (χ4v) is 7.19. The van der Waals surface area contributed by atoms with Crippen LogP contribution in [0.5, 0.6) is 0 Å². The van der Waals surface area contributed by atoms with Gasteiger partial charge in [-0.2, -0.15) is 0 Å². The van der Waals surface area contributed by atoms with Crippen LogP contribution in [0, 0.1) is 30.2 Å². The Bertz CT molecular complexity index is 909. The van der Waals surface area contributed by atoms with E-state index >= 15 is 0 Å². The summed E-state index contributed by atoms with van der Waals surface area (Å²) in [6.45, 7) is 7.46. The quantitative estimate of drug-likeness (QED) is 0.139. The lowest BCUT2D eigenvalue weighted by molar-refractivity contribution is -0.148. The Morgan fingerprint density at radius 2 is 2.05 bits per heavy atom. The molecule has 42 heavy (non-hydrogen) atoms. The van der Waals surface area contributed by atoms with Gasteiger partial charge in [0.05, 0.1) is 23.9 Å². The van der Waals surface area contributed by atoms with Crippen molar-refractivity contribution in [2.24, 2.45) is 34.4 Å². The molecule has 0 amide bonds. The Morgan fingerprint density at radius 1 is 1.24 bits per heavy atom. The number of aliphatic hydroxyl groups is 1. The number of hydrogen-bond donors (Lipinski definition) is 4. The number of carbonyl (C=O) groups excluding carboxylic acids is 2. The zero-order valence-corrected chi connectivity index (χ0v) is 26.5. The fourth-order valence-electron chi connectivity index (χ4n) is 7.19. The minimum absolute atomic E-state index is 0.113. The molecule has 5 N–H and O–H groups in total. The number of ketones is 1. The third-order valence-corrected chi connectivity index (χ3v) is 9.75. The van der Waals surface area contributed by atoms with E-state index in [1.54, 1.807) is 7.11 Å². The number of carbonyl (C=O) groups is 2. The van der Waals surface area contributed by atoms with Gasteiger partial charge in [-0.25, -0.2) is 0 Å². The number of Topliss-reactive ketones (excluding diaryl/α,β-unsaturated/α-hetero) is 1. The topological polar surface area (TPSA) is 135 Å². The van der Waals surface area contributed by atoms with E-state index in [4.69, 9.17) is 15.2 Å². The van der Waals surface area contributed by atoms with Crippen molar-refractivity contribution in [3.05, 3.63) is 17.7 Å². The van der Waals surface area contributed by atoms with Gasteiger partial charge in [0.1, 0.15) is 24.0 Å². The van der Waals surface area contributed by atoms with Gasteiger partial charge < -0.3 is 30.9 Å². The molecule has 3 rings (SSSR count). The molecule has 1 saturated carbocycles. The molecule has 0 aromatic rings. The Morgan fingerprint density at radius 3 is 2.74 bits per heavy atom. The molecule has 1 aliphatic carbocycles. The summed E-state index contributed by atoms with van der Waals surface area (Å²) >= 11 is 0. The van der Waals surface area contributed by atoms with Crippen LogP contribution < -0.4 is 16.4 Å². The van der Waals surface area contributed by atoms with Gasteiger partial charge in [-0.3, -0.25) is 9.59 Å². The lowest BCUT2D eigenvalue weighted by atomic mass is 9.74. The van der Waals surface area contributed by atoms with E-state index < -0.39 is 12.2 Å². The summed E-state index contributed by atoms with van der Waals surface area (Å²) in [7, 11) is 3.56. The van der Waals surface area contributed by atoms with Gasteiger partial charge in [-0.1, -0.05) is 13.3 Å². The predicted octanol–water partition coefficient (Wildman–Crippen LogP) is 4.08. The van der Waals surface area contributed by atoms with Crippen molar-refractivity contribution in [1.29, 1.82) is 0 Å². The molecule has 0 aromatic carbocycles. The smallest absolute Gasteiger partial charge is 0.302 e. The van der Waals surface area contributed by atoms with Gasteiger partial charge in [0.15, 0.2) is 6.21 Å². The van der Waals surface area contributed by atoms with Crippen molar-refractivity contribution in [1.82, 2.24) is 10.6 Å². The minimum Gasteiger partial charge on any atom is -0.462 e.